The van der Waals surface area contributed by atoms with Crippen LogP contribution in [0.3, 0.4) is 0 Å². The van der Waals surface area contributed by atoms with Gasteiger partial charge in [0.1, 0.15) is 11.6 Å². The van der Waals surface area contributed by atoms with Gasteiger partial charge in [0, 0.05) is 31.3 Å². The molecule has 3 aromatic rings. The predicted molar refractivity (Wildman–Crippen MR) is 106 cm³/mol. The maximum Gasteiger partial charge on any atom is 0.239 e. The second-order valence-corrected chi connectivity index (χ2v) is 7.34. The highest BCUT2D eigenvalue weighted by Crippen LogP contribution is 2.29. The molecule has 3 heterocycles. The normalized spacial score (nSPS) is 16.2. The molecule has 1 atom stereocenters. The number of carbonyl (C=O) groups is 1. The molecule has 3 N–H and O–H groups in total. The Kier molecular flexibility index (Phi) is 5.41. The van der Waals surface area contributed by atoms with Crippen LogP contribution in [0, 0.1) is 0 Å². The van der Waals surface area contributed by atoms with Gasteiger partial charge in [-0.2, -0.15) is 4.98 Å². The van der Waals surface area contributed by atoms with Crippen molar-refractivity contribution in [1.29, 1.82) is 0 Å². The lowest BCUT2D eigenvalue weighted by Gasteiger charge is -2.32. The van der Waals surface area contributed by atoms with Crippen molar-refractivity contribution in [2.45, 2.75) is 37.5 Å². The maximum atomic E-state index is 13.0. The van der Waals surface area contributed by atoms with E-state index in [1.54, 1.807) is 6.26 Å². The Morgan fingerprint density at radius 2 is 2.00 bits per heavy atom. The minimum Gasteiger partial charge on any atom is -0.469 e. The second kappa shape index (κ2) is 8.29. The smallest absolute Gasteiger partial charge is 0.239 e. The van der Waals surface area contributed by atoms with Crippen LogP contribution in [0.1, 0.15) is 48.2 Å². The number of anilines is 1. The minimum atomic E-state index is 0.0386. The van der Waals surface area contributed by atoms with E-state index in [1.807, 2.05) is 35.2 Å². The average molecular weight is 379 g/mol. The number of hydrogen-bond acceptors (Lipinski definition) is 5. The van der Waals surface area contributed by atoms with Gasteiger partial charge in [-0.05, 0) is 37.0 Å². The number of nitrogens with two attached hydrogens (primary N) is 1. The molecular weight excluding hydrogens is 354 g/mol. The first-order valence-corrected chi connectivity index (χ1v) is 9.72. The number of piperidine rings is 1. The molecule has 0 aliphatic carbocycles. The number of amides is 1. The summed E-state index contributed by atoms with van der Waals surface area (Å²) in [7, 11) is 0. The van der Waals surface area contributed by atoms with E-state index in [2.05, 4.69) is 27.3 Å². The van der Waals surface area contributed by atoms with Crippen molar-refractivity contribution in [3.05, 3.63) is 65.9 Å². The van der Waals surface area contributed by atoms with Crippen molar-refractivity contribution in [2.75, 3.05) is 18.8 Å². The third kappa shape index (κ3) is 4.24. The number of aromatic nitrogens is 3. The van der Waals surface area contributed by atoms with Gasteiger partial charge in [-0.25, -0.2) is 0 Å². The van der Waals surface area contributed by atoms with E-state index < -0.39 is 0 Å². The zero-order valence-electron chi connectivity index (χ0n) is 15.8. The van der Waals surface area contributed by atoms with E-state index in [1.165, 1.54) is 5.56 Å². The van der Waals surface area contributed by atoms with Crippen LogP contribution in [0.2, 0.25) is 0 Å². The summed E-state index contributed by atoms with van der Waals surface area (Å²) in [5.41, 5.74) is 6.81. The first-order valence-electron chi connectivity index (χ1n) is 9.72. The van der Waals surface area contributed by atoms with Crippen molar-refractivity contribution < 1.29 is 9.21 Å². The van der Waals surface area contributed by atoms with Crippen molar-refractivity contribution in [1.82, 2.24) is 20.1 Å². The minimum absolute atomic E-state index is 0.0386. The van der Waals surface area contributed by atoms with E-state index >= 15 is 0 Å². The van der Waals surface area contributed by atoms with Crippen LogP contribution in [0.5, 0.6) is 0 Å². The molecule has 1 aliphatic heterocycles. The molecule has 0 saturated carbocycles. The number of rotatable bonds is 6. The number of benzene rings is 1. The maximum absolute atomic E-state index is 13.0. The summed E-state index contributed by atoms with van der Waals surface area (Å²) in [6.45, 7) is 1.45. The van der Waals surface area contributed by atoms with Crippen LogP contribution >= 0.6 is 0 Å². The molecule has 146 valence electrons. The summed E-state index contributed by atoms with van der Waals surface area (Å²) in [5, 5.41) is 6.80. The molecule has 1 fully saturated rings. The molecule has 4 rings (SSSR count). The lowest BCUT2D eigenvalue weighted by atomic mass is 9.92. The van der Waals surface area contributed by atoms with Gasteiger partial charge >= 0.3 is 0 Å². The number of H-pyrrole nitrogens is 1. The van der Waals surface area contributed by atoms with Crippen LogP contribution in [0.25, 0.3) is 0 Å². The zero-order chi connectivity index (χ0) is 19.3. The van der Waals surface area contributed by atoms with Gasteiger partial charge in [-0.3, -0.25) is 9.89 Å². The number of nitrogens with zero attached hydrogens (tertiary/aromatic N) is 3. The average Bonchev–Trinajstić information content (AvgIpc) is 3.40. The lowest BCUT2D eigenvalue weighted by Crippen LogP contribution is -2.38. The third-order valence-corrected chi connectivity index (χ3v) is 5.45. The predicted octanol–water partition coefficient (Wildman–Crippen LogP) is 3.10. The van der Waals surface area contributed by atoms with Crippen LogP contribution in [-0.2, 0) is 11.2 Å². The highest BCUT2D eigenvalue weighted by Gasteiger charge is 2.28. The quantitative estimate of drug-likeness (QED) is 0.685. The van der Waals surface area contributed by atoms with E-state index in [-0.39, 0.29) is 23.7 Å². The van der Waals surface area contributed by atoms with Gasteiger partial charge in [0.05, 0.1) is 6.26 Å². The van der Waals surface area contributed by atoms with Gasteiger partial charge in [0.25, 0.3) is 0 Å². The van der Waals surface area contributed by atoms with Crippen LogP contribution in [-0.4, -0.2) is 39.1 Å². The summed E-state index contributed by atoms with van der Waals surface area (Å²) in [5.74, 6) is 2.45. The lowest BCUT2D eigenvalue weighted by molar-refractivity contribution is -0.132. The molecule has 7 nitrogen and oxygen atoms in total. The summed E-state index contributed by atoms with van der Waals surface area (Å²) in [6, 6.07) is 14.1. The molecule has 1 aliphatic rings. The van der Waals surface area contributed by atoms with Crippen molar-refractivity contribution >= 4 is 11.9 Å². The first-order chi connectivity index (χ1) is 13.7. The van der Waals surface area contributed by atoms with Crippen molar-refractivity contribution in [3.63, 3.8) is 0 Å². The number of hydrogen-bond donors (Lipinski definition) is 2. The fourth-order valence-electron chi connectivity index (χ4n) is 3.91. The summed E-state index contributed by atoms with van der Waals surface area (Å²) < 4.78 is 5.63. The molecule has 7 heteroatoms. The Balaban J connectivity index is 1.38. The zero-order valence-corrected chi connectivity index (χ0v) is 15.8. The summed E-state index contributed by atoms with van der Waals surface area (Å²) in [6.07, 6.45) is 4.64. The largest absolute Gasteiger partial charge is 0.469 e. The molecule has 0 bridgehead atoms. The number of carbonyl (C=O) groups excluding carboxylic acids is 1. The summed E-state index contributed by atoms with van der Waals surface area (Å²) >= 11 is 0. The molecule has 0 spiro atoms. The van der Waals surface area contributed by atoms with Crippen molar-refractivity contribution in [2.24, 2.45) is 0 Å². The van der Waals surface area contributed by atoms with Crippen LogP contribution in [0.15, 0.2) is 53.1 Å². The topological polar surface area (TPSA) is 101 Å². The van der Waals surface area contributed by atoms with E-state index in [9.17, 15) is 4.79 Å². The van der Waals surface area contributed by atoms with Crippen LogP contribution < -0.4 is 5.73 Å². The molecule has 1 amide bonds. The number of nitrogen functional groups attached to an aromatic ring is 1. The Morgan fingerprint density at radius 3 is 2.64 bits per heavy atom. The van der Waals surface area contributed by atoms with Gasteiger partial charge in [0.15, 0.2) is 0 Å². The molecule has 0 radical (unpaired) electrons. The number of aromatic amines is 1. The Bertz CT molecular complexity index is 883. The fraction of sp³-hybridized carbons (Fsp3) is 0.381. The molecule has 28 heavy (non-hydrogen) atoms. The van der Waals surface area contributed by atoms with E-state index in [0.717, 1.165) is 43.9 Å². The number of nitrogens with one attached hydrogen (secondary N) is 1. The van der Waals surface area contributed by atoms with Gasteiger partial charge in [-0.1, -0.05) is 30.3 Å². The highest BCUT2D eigenvalue weighted by molar-refractivity contribution is 5.77. The van der Waals surface area contributed by atoms with Gasteiger partial charge < -0.3 is 15.1 Å². The van der Waals surface area contributed by atoms with E-state index in [0.29, 0.717) is 6.42 Å². The Morgan fingerprint density at radius 1 is 1.21 bits per heavy atom. The van der Waals surface area contributed by atoms with Crippen LogP contribution in [0.4, 0.5) is 5.95 Å². The number of likely N-dealkylation sites (tertiary alicyclic amines) is 1. The molecule has 0 unspecified atom stereocenters. The van der Waals surface area contributed by atoms with Gasteiger partial charge in [-0.15, -0.1) is 5.10 Å². The third-order valence-electron chi connectivity index (χ3n) is 5.45. The SMILES string of the molecule is Nc1n[nH]c(C2CCN(C(=O)C[C@@H](Cc3ccccc3)c3ccco3)CC2)n1. The second-order valence-electron chi connectivity index (χ2n) is 7.34. The Labute approximate surface area is 163 Å². The highest BCUT2D eigenvalue weighted by atomic mass is 16.3. The van der Waals surface area contributed by atoms with Crippen molar-refractivity contribution in [3.8, 4) is 0 Å². The molecule has 2 aromatic heterocycles. The fourth-order valence-corrected chi connectivity index (χ4v) is 3.91. The molecule has 1 aromatic carbocycles. The van der Waals surface area contributed by atoms with E-state index in [4.69, 9.17) is 10.2 Å². The summed E-state index contributed by atoms with van der Waals surface area (Å²) in [4.78, 5) is 19.2. The van der Waals surface area contributed by atoms with Gasteiger partial charge in [0.2, 0.25) is 11.9 Å². The monoisotopic (exact) mass is 379 g/mol. The standard InChI is InChI=1S/C21H25N5O2/c22-21-23-20(24-25-21)16-8-10-26(11-9-16)19(27)14-17(18-7-4-12-28-18)13-15-5-2-1-3-6-15/h1-7,12,16-17H,8-11,13-14H2,(H3,22,23,24,25)/t17-/m1/s1. The Hall–Kier alpha value is -3.09. The molecule has 1 saturated heterocycles. The first kappa shape index (κ1) is 18.3. The number of furan rings is 1. The molecular formula is C21H25N5O2.